The van der Waals surface area contributed by atoms with Gasteiger partial charge in [-0.3, -0.25) is 0 Å². The van der Waals surface area contributed by atoms with Gasteiger partial charge in [-0.05, 0) is 43.7 Å². The number of thioether (sulfide) groups is 1. The number of aryl methyl sites for hydroxylation is 1. The Morgan fingerprint density at radius 2 is 2.00 bits per heavy atom. The van der Waals surface area contributed by atoms with E-state index in [1.807, 2.05) is 0 Å². The minimum Gasteiger partial charge on any atom is -0.392 e. The topological polar surface area (TPSA) is 20.2 Å². The molecule has 1 saturated carbocycles. The van der Waals surface area contributed by atoms with Gasteiger partial charge in [0.05, 0.1) is 6.10 Å². The van der Waals surface area contributed by atoms with E-state index in [-0.39, 0.29) is 6.10 Å². The lowest BCUT2D eigenvalue weighted by atomic mass is 9.81. The van der Waals surface area contributed by atoms with Gasteiger partial charge in [0.25, 0.3) is 0 Å². The maximum Gasteiger partial charge on any atom is 0.0662 e. The molecule has 1 atom stereocenters. The second-order valence-electron chi connectivity index (χ2n) is 5.71. The Hall–Kier alpha value is -0.470. The van der Waals surface area contributed by atoms with Crippen molar-refractivity contribution in [1.29, 1.82) is 0 Å². The normalized spacial score (nSPS) is 25.9. The van der Waals surface area contributed by atoms with E-state index in [0.29, 0.717) is 5.92 Å². The standard InChI is InChI=1S/C16H24OS/c1-12-6-8-14(9-7-12)16(17)11-18-15-5-3-4-13(2)10-15/h3-5,10,12,14,16-17H,6-9,11H2,1-2H3. The summed E-state index contributed by atoms with van der Waals surface area (Å²) < 4.78 is 0. The summed E-state index contributed by atoms with van der Waals surface area (Å²) in [5.41, 5.74) is 1.29. The van der Waals surface area contributed by atoms with Crippen LogP contribution in [0.5, 0.6) is 0 Å². The van der Waals surface area contributed by atoms with Gasteiger partial charge in [0.2, 0.25) is 0 Å². The molecular weight excluding hydrogens is 240 g/mol. The van der Waals surface area contributed by atoms with Crippen molar-refractivity contribution in [3.05, 3.63) is 29.8 Å². The summed E-state index contributed by atoms with van der Waals surface area (Å²) in [6.45, 7) is 4.44. The van der Waals surface area contributed by atoms with Gasteiger partial charge in [0.15, 0.2) is 0 Å². The molecule has 18 heavy (non-hydrogen) atoms. The fraction of sp³-hybridized carbons (Fsp3) is 0.625. The van der Waals surface area contributed by atoms with Crippen molar-refractivity contribution in [2.24, 2.45) is 11.8 Å². The molecule has 0 heterocycles. The van der Waals surface area contributed by atoms with E-state index in [0.717, 1.165) is 11.7 Å². The maximum absolute atomic E-state index is 10.3. The van der Waals surface area contributed by atoms with Crippen LogP contribution in [0.25, 0.3) is 0 Å². The molecule has 1 aliphatic rings. The average molecular weight is 264 g/mol. The predicted octanol–water partition coefficient (Wildman–Crippen LogP) is 4.27. The molecule has 1 unspecified atom stereocenters. The second-order valence-corrected chi connectivity index (χ2v) is 6.81. The molecule has 1 aromatic rings. The fourth-order valence-corrected chi connectivity index (χ4v) is 3.77. The highest BCUT2D eigenvalue weighted by atomic mass is 32.2. The molecule has 2 heteroatoms. The van der Waals surface area contributed by atoms with Gasteiger partial charge in [-0.2, -0.15) is 0 Å². The summed E-state index contributed by atoms with van der Waals surface area (Å²) in [5.74, 6) is 2.22. The molecule has 0 aliphatic heterocycles. The number of hydrogen-bond acceptors (Lipinski definition) is 2. The highest BCUT2D eigenvalue weighted by Gasteiger charge is 2.24. The lowest BCUT2D eigenvalue weighted by Gasteiger charge is -2.29. The van der Waals surface area contributed by atoms with Crippen LogP contribution in [0.15, 0.2) is 29.2 Å². The van der Waals surface area contributed by atoms with Gasteiger partial charge in [0, 0.05) is 10.6 Å². The second kappa shape index (κ2) is 6.63. The van der Waals surface area contributed by atoms with Crippen molar-refractivity contribution in [2.75, 3.05) is 5.75 Å². The van der Waals surface area contributed by atoms with Crippen LogP contribution in [-0.2, 0) is 0 Å². The number of aliphatic hydroxyl groups excluding tert-OH is 1. The third-order valence-electron chi connectivity index (χ3n) is 4.01. The zero-order valence-corrected chi connectivity index (χ0v) is 12.2. The Kier molecular flexibility index (Phi) is 5.13. The lowest BCUT2D eigenvalue weighted by Crippen LogP contribution is -2.26. The molecule has 1 nitrogen and oxygen atoms in total. The lowest BCUT2D eigenvalue weighted by molar-refractivity contribution is 0.0946. The third kappa shape index (κ3) is 4.03. The molecule has 1 aliphatic carbocycles. The van der Waals surface area contributed by atoms with Crippen LogP contribution < -0.4 is 0 Å². The minimum atomic E-state index is -0.136. The molecule has 0 aromatic heterocycles. The highest BCUT2D eigenvalue weighted by Crippen LogP contribution is 2.32. The molecule has 0 bridgehead atoms. The summed E-state index contributed by atoms with van der Waals surface area (Å²) in [6, 6.07) is 8.53. The molecule has 100 valence electrons. The van der Waals surface area contributed by atoms with E-state index >= 15 is 0 Å². The quantitative estimate of drug-likeness (QED) is 0.819. The first kappa shape index (κ1) is 14.0. The van der Waals surface area contributed by atoms with Gasteiger partial charge < -0.3 is 5.11 Å². The van der Waals surface area contributed by atoms with Crippen molar-refractivity contribution >= 4 is 11.8 Å². The van der Waals surface area contributed by atoms with Crippen molar-refractivity contribution in [1.82, 2.24) is 0 Å². The van der Waals surface area contributed by atoms with Crippen LogP contribution in [0, 0.1) is 18.8 Å². The fourth-order valence-electron chi connectivity index (χ4n) is 2.69. The first-order valence-electron chi connectivity index (χ1n) is 7.02. The van der Waals surface area contributed by atoms with Crippen LogP contribution in [-0.4, -0.2) is 17.0 Å². The van der Waals surface area contributed by atoms with E-state index in [1.54, 1.807) is 11.8 Å². The van der Waals surface area contributed by atoms with Crippen molar-refractivity contribution in [2.45, 2.75) is 50.5 Å². The van der Waals surface area contributed by atoms with Crippen LogP contribution in [0.2, 0.25) is 0 Å². The molecule has 1 fully saturated rings. The zero-order chi connectivity index (χ0) is 13.0. The van der Waals surface area contributed by atoms with E-state index < -0.39 is 0 Å². The summed E-state index contributed by atoms with van der Waals surface area (Å²) in [5, 5.41) is 10.3. The SMILES string of the molecule is Cc1cccc(SCC(O)C2CCC(C)CC2)c1. The largest absolute Gasteiger partial charge is 0.392 e. The molecule has 0 saturated heterocycles. The highest BCUT2D eigenvalue weighted by molar-refractivity contribution is 7.99. The minimum absolute atomic E-state index is 0.136. The Balaban J connectivity index is 1.79. The number of benzene rings is 1. The molecule has 1 N–H and O–H groups in total. The first-order valence-corrected chi connectivity index (χ1v) is 8.01. The van der Waals surface area contributed by atoms with Crippen LogP contribution in [0.1, 0.15) is 38.2 Å². The summed E-state index contributed by atoms with van der Waals surface area (Å²) >= 11 is 1.79. The zero-order valence-electron chi connectivity index (χ0n) is 11.4. The average Bonchev–Trinajstić information content (AvgIpc) is 2.37. The molecule has 0 spiro atoms. The molecule has 2 rings (SSSR count). The van der Waals surface area contributed by atoms with E-state index in [2.05, 4.69) is 38.1 Å². The number of hydrogen-bond donors (Lipinski definition) is 1. The Labute approximate surface area is 115 Å². The summed E-state index contributed by atoms with van der Waals surface area (Å²) in [6.07, 6.45) is 4.85. The maximum atomic E-state index is 10.3. The van der Waals surface area contributed by atoms with E-state index in [4.69, 9.17) is 0 Å². The number of aliphatic hydroxyl groups is 1. The van der Waals surface area contributed by atoms with Gasteiger partial charge in [0.1, 0.15) is 0 Å². The van der Waals surface area contributed by atoms with Gasteiger partial charge >= 0.3 is 0 Å². The van der Waals surface area contributed by atoms with Crippen molar-refractivity contribution in [3.63, 3.8) is 0 Å². The van der Waals surface area contributed by atoms with Crippen LogP contribution in [0.4, 0.5) is 0 Å². The monoisotopic (exact) mass is 264 g/mol. The van der Waals surface area contributed by atoms with Crippen LogP contribution >= 0.6 is 11.8 Å². The summed E-state index contributed by atoms with van der Waals surface area (Å²) in [7, 11) is 0. The Bertz CT molecular complexity index is 369. The van der Waals surface area contributed by atoms with Gasteiger partial charge in [-0.1, -0.05) is 37.5 Å². The molecule has 0 amide bonds. The van der Waals surface area contributed by atoms with Crippen LogP contribution in [0.3, 0.4) is 0 Å². The summed E-state index contributed by atoms with van der Waals surface area (Å²) in [4.78, 5) is 1.28. The number of rotatable bonds is 4. The van der Waals surface area contributed by atoms with Gasteiger partial charge in [-0.25, -0.2) is 0 Å². The third-order valence-corrected chi connectivity index (χ3v) is 5.11. The smallest absolute Gasteiger partial charge is 0.0662 e. The molecule has 1 aromatic carbocycles. The van der Waals surface area contributed by atoms with E-state index in [9.17, 15) is 5.11 Å². The first-order chi connectivity index (χ1) is 8.65. The predicted molar refractivity (Wildman–Crippen MR) is 79.0 cm³/mol. The van der Waals surface area contributed by atoms with Crippen molar-refractivity contribution < 1.29 is 5.11 Å². The Morgan fingerprint density at radius 1 is 1.28 bits per heavy atom. The van der Waals surface area contributed by atoms with E-state index in [1.165, 1.54) is 36.1 Å². The Morgan fingerprint density at radius 3 is 2.67 bits per heavy atom. The molecule has 0 radical (unpaired) electrons. The van der Waals surface area contributed by atoms with Crippen molar-refractivity contribution in [3.8, 4) is 0 Å². The van der Waals surface area contributed by atoms with Gasteiger partial charge in [-0.15, -0.1) is 11.8 Å². The molecular formula is C16H24OS.